The molecular weight excluding hydrogens is 353 g/mol. The maximum Gasteiger partial charge on any atom is 0.243 e. The van der Waals surface area contributed by atoms with Gasteiger partial charge in [-0.1, -0.05) is 18.2 Å². The molecule has 134 valence electrons. The van der Waals surface area contributed by atoms with Crippen molar-refractivity contribution in [3.63, 3.8) is 0 Å². The predicted molar refractivity (Wildman–Crippen MR) is 98.0 cm³/mol. The van der Waals surface area contributed by atoms with Gasteiger partial charge < -0.3 is 5.32 Å². The van der Waals surface area contributed by atoms with Crippen LogP contribution in [0.1, 0.15) is 6.42 Å². The van der Waals surface area contributed by atoms with Crippen LogP contribution < -0.4 is 5.32 Å². The molecule has 0 saturated heterocycles. The molecule has 8 heteroatoms. The molecule has 1 aromatic heterocycles. The number of aromatic nitrogens is 4. The maximum atomic E-state index is 12.9. The highest BCUT2D eigenvalue weighted by atomic mass is 32.2. The van der Waals surface area contributed by atoms with E-state index >= 15 is 0 Å². The molecular formula is C18H18FN5OS. The number of hydrogen-bond donors (Lipinski definition) is 1. The molecule has 3 rings (SSSR count). The van der Waals surface area contributed by atoms with Gasteiger partial charge in [0.25, 0.3) is 0 Å². The zero-order valence-corrected chi connectivity index (χ0v) is 14.8. The molecule has 0 saturated carbocycles. The van der Waals surface area contributed by atoms with Crippen LogP contribution in [0.2, 0.25) is 0 Å². The van der Waals surface area contributed by atoms with Crippen molar-refractivity contribution in [2.75, 3.05) is 12.3 Å². The normalized spacial score (nSPS) is 10.7. The summed E-state index contributed by atoms with van der Waals surface area (Å²) >= 11 is 1.76. The number of nitrogens with one attached hydrogen (secondary N) is 1. The van der Waals surface area contributed by atoms with Crippen molar-refractivity contribution in [2.24, 2.45) is 0 Å². The first kappa shape index (κ1) is 18.1. The largest absolute Gasteiger partial charge is 0.354 e. The summed E-state index contributed by atoms with van der Waals surface area (Å²) in [6.45, 7) is 0.595. The highest BCUT2D eigenvalue weighted by Gasteiger charge is 2.09. The number of carbonyl (C=O) groups is 1. The number of carbonyl (C=O) groups excluding carboxylic acids is 1. The number of benzene rings is 2. The van der Waals surface area contributed by atoms with E-state index in [-0.39, 0.29) is 18.3 Å². The van der Waals surface area contributed by atoms with Crippen LogP contribution in [0, 0.1) is 5.82 Å². The van der Waals surface area contributed by atoms with E-state index in [0.29, 0.717) is 17.9 Å². The Morgan fingerprint density at radius 3 is 2.65 bits per heavy atom. The Morgan fingerprint density at radius 2 is 1.88 bits per heavy atom. The van der Waals surface area contributed by atoms with Crippen LogP contribution in [-0.4, -0.2) is 38.4 Å². The molecule has 0 aliphatic rings. The Morgan fingerprint density at radius 1 is 1.12 bits per heavy atom. The molecule has 0 aliphatic heterocycles. The third-order valence-corrected chi connectivity index (χ3v) is 4.59. The molecule has 3 aromatic rings. The average Bonchev–Trinajstić information content (AvgIpc) is 3.11. The molecule has 1 amide bonds. The number of rotatable bonds is 8. The van der Waals surface area contributed by atoms with Crippen LogP contribution in [-0.2, 0) is 11.3 Å². The molecule has 26 heavy (non-hydrogen) atoms. The van der Waals surface area contributed by atoms with Gasteiger partial charge in [0.1, 0.15) is 12.4 Å². The van der Waals surface area contributed by atoms with Gasteiger partial charge in [0, 0.05) is 17.0 Å². The van der Waals surface area contributed by atoms with Gasteiger partial charge in [-0.15, -0.1) is 22.0 Å². The summed E-state index contributed by atoms with van der Waals surface area (Å²) < 4.78 is 12.9. The SMILES string of the molecule is O=C(Cn1nnc(-c2ccc(F)cc2)n1)NCCCSc1ccccc1. The minimum Gasteiger partial charge on any atom is -0.354 e. The maximum absolute atomic E-state index is 12.9. The van der Waals surface area contributed by atoms with Gasteiger partial charge in [0.15, 0.2) is 0 Å². The van der Waals surface area contributed by atoms with Gasteiger partial charge in [-0.2, -0.15) is 4.80 Å². The molecule has 0 unspecified atom stereocenters. The molecule has 6 nitrogen and oxygen atoms in total. The Bertz CT molecular complexity index is 838. The number of thioether (sulfide) groups is 1. The predicted octanol–water partition coefficient (Wildman–Crippen LogP) is 2.78. The van der Waals surface area contributed by atoms with Crippen LogP contribution in [0.15, 0.2) is 59.5 Å². The minimum absolute atomic E-state index is 0.0000226. The number of amides is 1. The summed E-state index contributed by atoms with van der Waals surface area (Å²) in [4.78, 5) is 14.4. The number of nitrogens with zero attached hydrogens (tertiary/aromatic N) is 4. The van der Waals surface area contributed by atoms with Crippen molar-refractivity contribution in [1.82, 2.24) is 25.5 Å². The summed E-state index contributed by atoms with van der Waals surface area (Å²) in [5.74, 6) is 0.793. The van der Waals surface area contributed by atoms with Gasteiger partial charge in [0.2, 0.25) is 11.7 Å². The van der Waals surface area contributed by atoms with E-state index < -0.39 is 0 Å². The minimum atomic E-state index is -0.328. The van der Waals surface area contributed by atoms with Crippen molar-refractivity contribution in [3.8, 4) is 11.4 Å². The van der Waals surface area contributed by atoms with Crippen molar-refractivity contribution >= 4 is 17.7 Å². The molecule has 0 radical (unpaired) electrons. The van der Waals surface area contributed by atoms with Gasteiger partial charge in [-0.25, -0.2) is 4.39 Å². The fraction of sp³-hybridized carbons (Fsp3) is 0.222. The molecule has 2 aromatic carbocycles. The fourth-order valence-electron chi connectivity index (χ4n) is 2.22. The second-order valence-corrected chi connectivity index (χ2v) is 6.68. The zero-order chi connectivity index (χ0) is 18.2. The summed E-state index contributed by atoms with van der Waals surface area (Å²) in [6, 6.07) is 15.9. The first-order valence-corrected chi connectivity index (χ1v) is 9.17. The molecule has 0 aliphatic carbocycles. The van der Waals surface area contributed by atoms with Crippen LogP contribution in [0.3, 0.4) is 0 Å². The molecule has 0 spiro atoms. The monoisotopic (exact) mass is 371 g/mol. The van der Waals surface area contributed by atoms with E-state index in [1.165, 1.54) is 21.8 Å². The highest BCUT2D eigenvalue weighted by molar-refractivity contribution is 7.99. The quantitative estimate of drug-likeness (QED) is 0.487. The Labute approximate surface area is 154 Å². The van der Waals surface area contributed by atoms with E-state index in [1.807, 2.05) is 18.2 Å². The highest BCUT2D eigenvalue weighted by Crippen LogP contribution is 2.17. The lowest BCUT2D eigenvalue weighted by molar-refractivity contribution is -0.122. The van der Waals surface area contributed by atoms with Gasteiger partial charge in [0.05, 0.1) is 0 Å². The first-order valence-electron chi connectivity index (χ1n) is 8.19. The lowest BCUT2D eigenvalue weighted by Gasteiger charge is -2.04. The summed E-state index contributed by atoms with van der Waals surface area (Å²) in [6.07, 6.45) is 0.872. The average molecular weight is 371 g/mol. The first-order chi connectivity index (χ1) is 12.7. The van der Waals surface area contributed by atoms with E-state index in [1.54, 1.807) is 23.9 Å². The Hall–Kier alpha value is -2.74. The number of halogens is 1. The van der Waals surface area contributed by atoms with Crippen LogP contribution >= 0.6 is 11.8 Å². The van der Waals surface area contributed by atoms with E-state index in [9.17, 15) is 9.18 Å². The topological polar surface area (TPSA) is 72.7 Å². The lowest BCUT2D eigenvalue weighted by atomic mass is 10.2. The molecule has 1 heterocycles. The second-order valence-electron chi connectivity index (χ2n) is 5.52. The summed E-state index contributed by atoms with van der Waals surface area (Å²) in [5.41, 5.74) is 0.649. The van der Waals surface area contributed by atoms with Crippen molar-refractivity contribution in [2.45, 2.75) is 17.9 Å². The summed E-state index contributed by atoms with van der Waals surface area (Å²) in [7, 11) is 0. The zero-order valence-electron chi connectivity index (χ0n) is 14.0. The Balaban J connectivity index is 1.39. The van der Waals surface area contributed by atoms with E-state index in [0.717, 1.165) is 12.2 Å². The van der Waals surface area contributed by atoms with Crippen LogP contribution in [0.5, 0.6) is 0 Å². The third kappa shape index (κ3) is 5.38. The summed E-state index contributed by atoms with van der Waals surface area (Å²) in [5, 5.41) is 14.7. The molecule has 0 atom stereocenters. The third-order valence-electron chi connectivity index (χ3n) is 3.50. The van der Waals surface area contributed by atoms with Gasteiger partial charge in [-0.3, -0.25) is 4.79 Å². The smallest absolute Gasteiger partial charge is 0.243 e. The van der Waals surface area contributed by atoms with E-state index in [4.69, 9.17) is 0 Å². The Kier molecular flexibility index (Phi) is 6.32. The van der Waals surface area contributed by atoms with Crippen molar-refractivity contribution < 1.29 is 9.18 Å². The lowest BCUT2D eigenvalue weighted by Crippen LogP contribution is -2.29. The number of hydrogen-bond acceptors (Lipinski definition) is 5. The second kappa shape index (κ2) is 9.10. The van der Waals surface area contributed by atoms with Crippen LogP contribution in [0.25, 0.3) is 11.4 Å². The standard InChI is InChI=1S/C18H18FN5OS/c19-15-9-7-14(8-10-15)18-21-23-24(22-18)13-17(25)20-11-4-12-26-16-5-2-1-3-6-16/h1-3,5-10H,4,11-13H2,(H,20,25). The van der Waals surface area contributed by atoms with E-state index in [2.05, 4.69) is 32.9 Å². The van der Waals surface area contributed by atoms with Crippen molar-refractivity contribution in [1.29, 1.82) is 0 Å². The molecule has 1 N–H and O–H groups in total. The van der Waals surface area contributed by atoms with Gasteiger partial charge in [-0.05, 0) is 53.8 Å². The van der Waals surface area contributed by atoms with Crippen molar-refractivity contribution in [3.05, 3.63) is 60.4 Å². The fourth-order valence-corrected chi connectivity index (χ4v) is 3.09. The van der Waals surface area contributed by atoms with Crippen LogP contribution in [0.4, 0.5) is 4.39 Å². The molecule has 0 bridgehead atoms. The number of tetrazole rings is 1. The van der Waals surface area contributed by atoms with Gasteiger partial charge >= 0.3 is 0 Å². The molecule has 0 fully saturated rings.